The molecule has 0 aromatic carbocycles. The fraction of sp³-hybridized carbons (Fsp3) is 0.857. The zero-order valence-electron chi connectivity index (χ0n) is 7.00. The van der Waals surface area contributed by atoms with E-state index in [0.29, 0.717) is 17.9 Å². The lowest BCUT2D eigenvalue weighted by molar-refractivity contribution is -1.08. The van der Waals surface area contributed by atoms with Gasteiger partial charge < -0.3 is 4.74 Å². The van der Waals surface area contributed by atoms with Crippen molar-refractivity contribution in [2.45, 2.75) is 6.92 Å². The van der Waals surface area contributed by atoms with Crippen molar-refractivity contribution in [1.82, 2.24) is 0 Å². The van der Waals surface area contributed by atoms with Gasteiger partial charge in [-0.15, -0.1) is 4.65 Å². The normalized spacial score (nSPS) is 22.7. The van der Waals surface area contributed by atoms with Gasteiger partial charge in [0, 0.05) is 6.92 Å². The van der Waals surface area contributed by atoms with Gasteiger partial charge in [-0.05, 0) is 0 Å². The van der Waals surface area contributed by atoms with Crippen LogP contribution in [-0.2, 0) is 14.4 Å². The van der Waals surface area contributed by atoms with E-state index in [0.717, 1.165) is 13.1 Å². The molecule has 0 unspecified atom stereocenters. The van der Waals surface area contributed by atoms with Crippen molar-refractivity contribution in [3.63, 3.8) is 0 Å². The number of hydroxylamine groups is 3. The third-order valence-corrected chi connectivity index (χ3v) is 1.77. The van der Waals surface area contributed by atoms with Gasteiger partial charge in [0.15, 0.2) is 0 Å². The van der Waals surface area contributed by atoms with Gasteiger partial charge in [-0.1, -0.05) is 0 Å². The second-order valence-electron chi connectivity index (χ2n) is 2.94. The number of hydrogen-bond acceptors (Lipinski definition) is 3. The van der Waals surface area contributed by atoms with Crippen LogP contribution < -0.4 is 0 Å². The minimum Gasteiger partial charge on any atom is -0.369 e. The Hall–Kier alpha value is -0.610. The summed E-state index contributed by atoms with van der Waals surface area (Å²) in [4.78, 5) is 15.7. The Labute approximate surface area is 66.2 Å². The lowest BCUT2D eigenvalue weighted by Crippen LogP contribution is -2.52. The number of ether oxygens (including phenoxy) is 1. The maximum Gasteiger partial charge on any atom is 0.363 e. The Morgan fingerprint density at radius 1 is 1.45 bits per heavy atom. The molecule has 0 atom stereocenters. The fourth-order valence-electron chi connectivity index (χ4n) is 1.13. The minimum atomic E-state index is -0.227. The summed E-state index contributed by atoms with van der Waals surface area (Å²) < 4.78 is 5.50. The highest BCUT2D eigenvalue weighted by Gasteiger charge is 2.29. The first-order chi connectivity index (χ1) is 5.12. The van der Waals surface area contributed by atoms with Crippen LogP contribution in [0.3, 0.4) is 0 Å². The molecule has 0 spiro atoms. The molecule has 4 heteroatoms. The van der Waals surface area contributed by atoms with Crippen LogP contribution in [0.15, 0.2) is 0 Å². The van der Waals surface area contributed by atoms with Crippen LogP contribution in [0.5, 0.6) is 0 Å². The Balaban J connectivity index is 2.43. The molecule has 0 aromatic heterocycles. The average Bonchev–Trinajstić information content (AvgIpc) is 1.85. The average molecular weight is 160 g/mol. The molecule has 0 amide bonds. The summed E-state index contributed by atoms with van der Waals surface area (Å²) in [6.45, 7) is 4.27. The molecule has 11 heavy (non-hydrogen) atoms. The number of carbonyl (C=O) groups excluding carboxylic acids is 1. The van der Waals surface area contributed by atoms with Gasteiger partial charge in [0.2, 0.25) is 0 Å². The summed E-state index contributed by atoms with van der Waals surface area (Å²) in [5.74, 6) is -0.227. The van der Waals surface area contributed by atoms with Crippen molar-refractivity contribution in [1.29, 1.82) is 0 Å². The first-order valence-corrected chi connectivity index (χ1v) is 3.75. The SMILES string of the molecule is CC(=O)O[N+]1(C)CCOCC1. The second-order valence-corrected chi connectivity index (χ2v) is 2.94. The van der Waals surface area contributed by atoms with E-state index < -0.39 is 0 Å². The molecular formula is C7H14NO3+. The van der Waals surface area contributed by atoms with Crippen molar-refractivity contribution in [2.75, 3.05) is 33.4 Å². The largest absolute Gasteiger partial charge is 0.369 e. The van der Waals surface area contributed by atoms with Crippen LogP contribution in [0.2, 0.25) is 0 Å². The molecule has 1 rings (SSSR count). The molecule has 0 bridgehead atoms. The zero-order valence-corrected chi connectivity index (χ0v) is 7.00. The van der Waals surface area contributed by atoms with Crippen LogP contribution in [0.4, 0.5) is 0 Å². The predicted octanol–water partition coefficient (Wildman–Crippen LogP) is -0.0587. The molecule has 64 valence electrons. The van der Waals surface area contributed by atoms with E-state index >= 15 is 0 Å². The highest BCUT2D eigenvalue weighted by atomic mass is 16.7. The van der Waals surface area contributed by atoms with Crippen LogP contribution in [-0.4, -0.2) is 44.0 Å². The number of hydrogen-bond donors (Lipinski definition) is 0. The standard InChI is InChI=1S/C7H14NO3/c1-7(9)11-8(2)3-5-10-6-4-8/h3-6H2,1-2H3/q+1. The van der Waals surface area contributed by atoms with Gasteiger partial charge >= 0.3 is 5.97 Å². The molecule has 0 aromatic rings. The Kier molecular flexibility index (Phi) is 2.46. The third kappa shape index (κ3) is 2.48. The summed E-state index contributed by atoms with van der Waals surface area (Å²) in [6.07, 6.45) is 0. The summed E-state index contributed by atoms with van der Waals surface area (Å²) in [7, 11) is 1.89. The molecule has 1 heterocycles. The molecular weight excluding hydrogens is 146 g/mol. The molecule has 1 saturated heterocycles. The second kappa shape index (κ2) is 3.19. The first-order valence-electron chi connectivity index (χ1n) is 3.75. The molecule has 1 aliphatic heterocycles. The number of rotatable bonds is 1. The minimum absolute atomic E-state index is 0.227. The third-order valence-electron chi connectivity index (χ3n) is 1.77. The quantitative estimate of drug-likeness (QED) is 0.504. The Morgan fingerprint density at radius 3 is 2.45 bits per heavy atom. The van der Waals surface area contributed by atoms with Gasteiger partial charge in [0.05, 0.1) is 13.2 Å². The highest BCUT2D eigenvalue weighted by molar-refractivity contribution is 5.65. The fourth-order valence-corrected chi connectivity index (χ4v) is 1.13. The van der Waals surface area contributed by atoms with E-state index in [-0.39, 0.29) is 5.97 Å². The molecule has 1 fully saturated rings. The summed E-state index contributed by atoms with van der Waals surface area (Å²) in [5.41, 5.74) is 0. The molecule has 0 aliphatic carbocycles. The van der Waals surface area contributed by atoms with Gasteiger partial charge in [-0.25, -0.2) is 4.79 Å². The number of quaternary nitrogens is 1. The number of morpholine rings is 1. The molecule has 4 nitrogen and oxygen atoms in total. The lowest BCUT2D eigenvalue weighted by Gasteiger charge is -2.32. The van der Waals surface area contributed by atoms with E-state index in [9.17, 15) is 4.79 Å². The van der Waals surface area contributed by atoms with E-state index in [1.165, 1.54) is 6.92 Å². The van der Waals surface area contributed by atoms with E-state index in [2.05, 4.69) is 0 Å². The predicted molar refractivity (Wildman–Crippen MR) is 38.5 cm³/mol. The maximum absolute atomic E-state index is 10.6. The maximum atomic E-state index is 10.6. The smallest absolute Gasteiger partial charge is 0.363 e. The lowest BCUT2D eigenvalue weighted by atomic mass is 10.4. The number of likely N-dealkylation sites (N-methyl/N-ethyl adjacent to an activating group) is 1. The van der Waals surface area contributed by atoms with E-state index in [1.807, 2.05) is 7.05 Å². The zero-order chi connectivity index (χ0) is 8.32. The monoisotopic (exact) mass is 160 g/mol. The Bertz CT molecular complexity index is 152. The summed E-state index contributed by atoms with van der Waals surface area (Å²) in [5, 5.41) is 0. The number of nitrogens with zero attached hydrogens (tertiary/aromatic N) is 1. The van der Waals surface area contributed by atoms with Crippen molar-refractivity contribution >= 4 is 5.97 Å². The first kappa shape index (κ1) is 8.49. The van der Waals surface area contributed by atoms with Crippen molar-refractivity contribution in [3.05, 3.63) is 0 Å². The van der Waals surface area contributed by atoms with Gasteiger partial charge in [-0.3, -0.25) is 4.84 Å². The van der Waals surface area contributed by atoms with Crippen molar-refractivity contribution in [3.8, 4) is 0 Å². The van der Waals surface area contributed by atoms with Crippen LogP contribution >= 0.6 is 0 Å². The summed E-state index contributed by atoms with van der Waals surface area (Å²) in [6, 6.07) is 0. The Morgan fingerprint density at radius 2 is 2.00 bits per heavy atom. The van der Waals surface area contributed by atoms with E-state index in [4.69, 9.17) is 9.57 Å². The molecule has 0 saturated carbocycles. The van der Waals surface area contributed by atoms with Crippen LogP contribution in [0.25, 0.3) is 0 Å². The van der Waals surface area contributed by atoms with Gasteiger partial charge in [0.1, 0.15) is 20.1 Å². The molecule has 0 N–H and O–H groups in total. The van der Waals surface area contributed by atoms with Crippen molar-refractivity contribution < 1.29 is 19.0 Å². The summed E-state index contributed by atoms with van der Waals surface area (Å²) >= 11 is 0. The van der Waals surface area contributed by atoms with Gasteiger partial charge in [-0.2, -0.15) is 0 Å². The van der Waals surface area contributed by atoms with Crippen molar-refractivity contribution in [2.24, 2.45) is 0 Å². The van der Waals surface area contributed by atoms with E-state index in [1.54, 1.807) is 0 Å². The molecule has 1 aliphatic rings. The number of carbonyl (C=O) groups is 1. The molecule has 0 radical (unpaired) electrons. The van der Waals surface area contributed by atoms with Crippen LogP contribution in [0.1, 0.15) is 6.92 Å². The highest BCUT2D eigenvalue weighted by Crippen LogP contribution is 2.08. The topological polar surface area (TPSA) is 35.5 Å². The van der Waals surface area contributed by atoms with Crippen LogP contribution in [0, 0.1) is 0 Å². The van der Waals surface area contributed by atoms with Gasteiger partial charge in [0.25, 0.3) is 0 Å².